The fourth-order valence-corrected chi connectivity index (χ4v) is 5.47. The Labute approximate surface area is 224 Å². The van der Waals surface area contributed by atoms with Crippen molar-refractivity contribution in [1.82, 2.24) is 15.0 Å². The van der Waals surface area contributed by atoms with Crippen LogP contribution in [0.4, 0.5) is 27.4 Å². The summed E-state index contributed by atoms with van der Waals surface area (Å²) < 4.78 is 44.6. The average Bonchev–Trinajstić information content (AvgIpc) is 2.84. The lowest BCUT2D eigenvalue weighted by Gasteiger charge is -2.33. The van der Waals surface area contributed by atoms with Crippen LogP contribution in [0, 0.1) is 12.7 Å². The largest absolute Gasteiger partial charge is 0.468 e. The standard InChI is InChI=1S/C26H26ClFN6O3S/c1-13-16(9-30-24-22(13)32-12-26(2,3)37-24)18-19(27)23-17(21(29)20(18)28)10-31-25(34-23)33-15-7-5-14(6-8-15)11-38(4,35)36/h5-10,32H,11-12,29H2,1-4H3,(H,31,33,34). The number of aromatic nitrogens is 3. The average molecular weight is 557 g/mol. The number of nitrogens with zero attached hydrogens (tertiary/aromatic N) is 3. The fourth-order valence-electron chi connectivity index (χ4n) is 4.34. The van der Waals surface area contributed by atoms with Crippen molar-refractivity contribution in [3.05, 3.63) is 58.6 Å². The maximum atomic E-state index is 15.6. The van der Waals surface area contributed by atoms with E-state index in [0.29, 0.717) is 40.5 Å². The number of nitrogens with one attached hydrogen (secondary N) is 2. The molecule has 5 rings (SSSR count). The first kappa shape index (κ1) is 25.9. The summed E-state index contributed by atoms with van der Waals surface area (Å²) in [5.74, 6) is -0.0940. The maximum absolute atomic E-state index is 15.6. The van der Waals surface area contributed by atoms with E-state index < -0.39 is 21.3 Å². The van der Waals surface area contributed by atoms with Crippen LogP contribution in [-0.4, -0.2) is 41.8 Å². The van der Waals surface area contributed by atoms with Crippen LogP contribution < -0.4 is 21.1 Å². The van der Waals surface area contributed by atoms with Crippen LogP contribution in [0.3, 0.4) is 0 Å². The van der Waals surface area contributed by atoms with Crippen molar-refractivity contribution < 1.29 is 17.5 Å². The van der Waals surface area contributed by atoms with Gasteiger partial charge in [0.15, 0.2) is 15.7 Å². The van der Waals surface area contributed by atoms with Gasteiger partial charge in [0.25, 0.3) is 0 Å². The Morgan fingerprint density at radius 2 is 1.92 bits per heavy atom. The molecule has 0 bridgehead atoms. The van der Waals surface area contributed by atoms with Gasteiger partial charge >= 0.3 is 0 Å². The molecule has 3 heterocycles. The molecule has 0 saturated carbocycles. The molecule has 9 nitrogen and oxygen atoms in total. The van der Waals surface area contributed by atoms with Crippen molar-refractivity contribution in [3.63, 3.8) is 0 Å². The zero-order valence-electron chi connectivity index (χ0n) is 21.2. The van der Waals surface area contributed by atoms with E-state index in [4.69, 9.17) is 22.1 Å². The topological polar surface area (TPSA) is 132 Å². The molecule has 0 fully saturated rings. The number of hydrogen-bond acceptors (Lipinski definition) is 9. The number of ether oxygens (including phenoxy) is 1. The minimum absolute atomic E-state index is 0.0562. The molecule has 0 spiro atoms. The van der Waals surface area contributed by atoms with Crippen molar-refractivity contribution in [2.45, 2.75) is 32.1 Å². The zero-order valence-corrected chi connectivity index (χ0v) is 22.8. The summed E-state index contributed by atoms with van der Waals surface area (Å²) >= 11 is 6.76. The summed E-state index contributed by atoms with van der Waals surface area (Å²) in [6.45, 7) is 6.29. The third-order valence-corrected chi connectivity index (χ3v) is 7.46. The normalized spacial score (nSPS) is 14.5. The summed E-state index contributed by atoms with van der Waals surface area (Å²) in [7, 11) is -3.14. The molecule has 12 heteroatoms. The predicted octanol–water partition coefficient (Wildman–Crippen LogP) is 5.25. The van der Waals surface area contributed by atoms with Gasteiger partial charge in [-0.3, -0.25) is 0 Å². The van der Waals surface area contributed by atoms with Gasteiger partial charge in [0.05, 0.1) is 28.5 Å². The Bertz CT molecular complexity index is 1690. The number of pyridine rings is 1. The second-order valence-corrected chi connectivity index (χ2v) is 12.5. The number of anilines is 4. The van der Waals surface area contributed by atoms with Crippen LogP contribution in [0.2, 0.25) is 5.02 Å². The Morgan fingerprint density at radius 1 is 1.21 bits per heavy atom. The molecule has 2 aromatic carbocycles. The summed E-state index contributed by atoms with van der Waals surface area (Å²) in [5, 5.41) is 6.73. The van der Waals surface area contributed by atoms with Crippen LogP contribution in [0.25, 0.3) is 22.0 Å². The molecule has 38 heavy (non-hydrogen) atoms. The maximum Gasteiger partial charge on any atom is 0.238 e. The highest BCUT2D eigenvalue weighted by molar-refractivity contribution is 7.89. The van der Waals surface area contributed by atoms with E-state index in [1.807, 2.05) is 20.8 Å². The predicted molar refractivity (Wildman–Crippen MR) is 148 cm³/mol. The van der Waals surface area contributed by atoms with Crippen LogP contribution in [0.1, 0.15) is 25.0 Å². The fraction of sp³-hybridized carbons (Fsp3) is 0.269. The second kappa shape index (κ2) is 9.25. The number of benzene rings is 2. The number of sulfone groups is 1. The highest BCUT2D eigenvalue weighted by Crippen LogP contribution is 2.44. The zero-order chi connectivity index (χ0) is 27.4. The Balaban J connectivity index is 1.55. The van der Waals surface area contributed by atoms with E-state index >= 15 is 4.39 Å². The summed E-state index contributed by atoms with van der Waals surface area (Å²) in [6, 6.07) is 6.85. The van der Waals surface area contributed by atoms with Gasteiger partial charge < -0.3 is 21.1 Å². The van der Waals surface area contributed by atoms with Crippen molar-refractivity contribution in [3.8, 4) is 17.0 Å². The molecular formula is C26H26ClFN6O3S. The molecule has 4 aromatic rings. The van der Waals surface area contributed by atoms with Gasteiger partial charge in [-0.25, -0.2) is 27.8 Å². The summed E-state index contributed by atoms with van der Waals surface area (Å²) in [6.07, 6.45) is 4.11. The summed E-state index contributed by atoms with van der Waals surface area (Å²) in [4.78, 5) is 13.2. The number of hydrogen-bond donors (Lipinski definition) is 3. The van der Waals surface area contributed by atoms with Crippen molar-refractivity contribution in [1.29, 1.82) is 0 Å². The van der Waals surface area contributed by atoms with Crippen LogP contribution >= 0.6 is 11.6 Å². The van der Waals surface area contributed by atoms with Gasteiger partial charge in [-0.1, -0.05) is 23.7 Å². The number of fused-ring (bicyclic) bond motifs is 2. The van der Waals surface area contributed by atoms with E-state index in [1.54, 1.807) is 24.3 Å². The third-order valence-electron chi connectivity index (χ3n) is 6.24. The molecule has 1 aliphatic rings. The molecule has 0 amide bonds. The lowest BCUT2D eigenvalue weighted by Crippen LogP contribution is -2.40. The van der Waals surface area contributed by atoms with E-state index in [1.165, 1.54) is 18.6 Å². The minimum atomic E-state index is -3.14. The number of halogens is 2. The van der Waals surface area contributed by atoms with E-state index in [-0.39, 0.29) is 38.9 Å². The smallest absolute Gasteiger partial charge is 0.238 e. The number of nitrogen functional groups attached to an aromatic ring is 1. The molecule has 0 radical (unpaired) electrons. The van der Waals surface area contributed by atoms with Gasteiger partial charge in [0, 0.05) is 40.8 Å². The SMILES string of the molecule is Cc1c(-c2c(F)c(N)c3cnc(Nc4ccc(CS(C)(=O)=O)cc4)nc3c2Cl)cnc2c1NCC(C)(C)O2. The molecule has 0 aliphatic carbocycles. The lowest BCUT2D eigenvalue weighted by molar-refractivity contribution is 0.109. The first-order valence-electron chi connectivity index (χ1n) is 11.7. The van der Waals surface area contributed by atoms with Gasteiger partial charge in [0.2, 0.25) is 11.8 Å². The molecule has 1 aliphatic heterocycles. The Kier molecular flexibility index (Phi) is 6.31. The Morgan fingerprint density at radius 3 is 2.61 bits per heavy atom. The van der Waals surface area contributed by atoms with Gasteiger partial charge in [0.1, 0.15) is 11.3 Å². The molecule has 2 aromatic heterocycles. The van der Waals surface area contributed by atoms with Gasteiger partial charge in [-0.05, 0) is 44.0 Å². The van der Waals surface area contributed by atoms with Crippen molar-refractivity contribution >= 4 is 55.4 Å². The molecule has 198 valence electrons. The molecular weight excluding hydrogens is 531 g/mol. The van der Waals surface area contributed by atoms with E-state index in [9.17, 15) is 8.42 Å². The highest BCUT2D eigenvalue weighted by Gasteiger charge is 2.30. The first-order valence-corrected chi connectivity index (χ1v) is 14.2. The summed E-state index contributed by atoms with van der Waals surface area (Å²) in [5.41, 5.74) is 9.12. The molecule has 0 atom stereocenters. The molecule has 4 N–H and O–H groups in total. The molecule has 0 unspecified atom stereocenters. The van der Waals surface area contributed by atoms with Crippen molar-refractivity contribution in [2.24, 2.45) is 0 Å². The molecule has 0 saturated heterocycles. The van der Waals surface area contributed by atoms with E-state index in [2.05, 4.69) is 25.6 Å². The second-order valence-electron chi connectivity index (χ2n) is 9.96. The van der Waals surface area contributed by atoms with Gasteiger partial charge in [-0.15, -0.1) is 0 Å². The third kappa shape index (κ3) is 4.91. The van der Waals surface area contributed by atoms with E-state index in [0.717, 1.165) is 0 Å². The Hall–Kier alpha value is -3.70. The lowest BCUT2D eigenvalue weighted by atomic mass is 9.97. The van der Waals surface area contributed by atoms with Gasteiger partial charge in [-0.2, -0.15) is 0 Å². The van der Waals surface area contributed by atoms with Crippen LogP contribution in [-0.2, 0) is 15.6 Å². The first-order chi connectivity index (χ1) is 17.8. The van der Waals surface area contributed by atoms with Crippen LogP contribution in [0.5, 0.6) is 5.88 Å². The van der Waals surface area contributed by atoms with Crippen LogP contribution in [0.15, 0.2) is 36.7 Å². The quantitative estimate of drug-likeness (QED) is 0.282. The van der Waals surface area contributed by atoms with Crippen molar-refractivity contribution in [2.75, 3.05) is 29.2 Å². The monoisotopic (exact) mass is 556 g/mol. The number of rotatable bonds is 5. The number of nitrogens with two attached hydrogens (primary N) is 1. The highest BCUT2D eigenvalue weighted by atomic mass is 35.5. The minimum Gasteiger partial charge on any atom is -0.468 e.